The number of carbonyl (C=O) groups excluding carboxylic acids is 1. The fourth-order valence-electron chi connectivity index (χ4n) is 2.35. The Morgan fingerprint density at radius 2 is 1.91 bits per heavy atom. The molecule has 0 saturated carbocycles. The summed E-state index contributed by atoms with van der Waals surface area (Å²) in [7, 11) is -3.22. The Bertz CT molecular complexity index is 625. The predicted molar refractivity (Wildman–Crippen MR) is 84.1 cm³/mol. The summed E-state index contributed by atoms with van der Waals surface area (Å²) in [6, 6.07) is 5.35. The second-order valence-electron chi connectivity index (χ2n) is 5.42. The van der Waals surface area contributed by atoms with Crippen LogP contribution in [0, 0.1) is 5.82 Å². The van der Waals surface area contributed by atoms with Crippen molar-refractivity contribution in [3.05, 3.63) is 30.1 Å². The Balaban J connectivity index is 1.76. The van der Waals surface area contributed by atoms with Crippen LogP contribution in [0.5, 0.6) is 5.75 Å². The van der Waals surface area contributed by atoms with Crippen molar-refractivity contribution in [1.29, 1.82) is 0 Å². The van der Waals surface area contributed by atoms with E-state index < -0.39 is 10.0 Å². The van der Waals surface area contributed by atoms with Gasteiger partial charge >= 0.3 is 0 Å². The topological polar surface area (TPSA) is 75.7 Å². The average molecular weight is 344 g/mol. The third kappa shape index (κ3) is 5.47. The van der Waals surface area contributed by atoms with Gasteiger partial charge in [0.05, 0.1) is 5.75 Å². The molecule has 1 aliphatic heterocycles. The van der Waals surface area contributed by atoms with E-state index in [0.717, 1.165) is 0 Å². The van der Waals surface area contributed by atoms with Crippen molar-refractivity contribution in [2.24, 2.45) is 0 Å². The molecule has 0 spiro atoms. The fraction of sp³-hybridized carbons (Fsp3) is 0.533. The Labute approximate surface area is 135 Å². The van der Waals surface area contributed by atoms with Crippen LogP contribution >= 0.6 is 0 Å². The minimum absolute atomic E-state index is 0.0532. The molecule has 1 aromatic rings. The normalized spacial score (nSPS) is 16.3. The third-order valence-electron chi connectivity index (χ3n) is 3.75. The second kappa shape index (κ2) is 7.74. The van der Waals surface area contributed by atoms with E-state index in [2.05, 4.69) is 4.72 Å². The number of ether oxygens (including phenoxy) is 1. The summed E-state index contributed by atoms with van der Waals surface area (Å²) in [5.74, 6) is -0.0331. The van der Waals surface area contributed by atoms with Gasteiger partial charge in [-0.15, -0.1) is 0 Å². The van der Waals surface area contributed by atoms with Crippen molar-refractivity contribution in [3.8, 4) is 5.75 Å². The van der Waals surface area contributed by atoms with Crippen LogP contribution in [0.1, 0.15) is 19.8 Å². The van der Waals surface area contributed by atoms with Crippen LogP contribution in [0.15, 0.2) is 24.3 Å². The first-order valence-corrected chi connectivity index (χ1v) is 9.21. The van der Waals surface area contributed by atoms with E-state index in [9.17, 15) is 17.6 Å². The summed E-state index contributed by atoms with van der Waals surface area (Å²) in [6.45, 7) is 2.45. The van der Waals surface area contributed by atoms with Gasteiger partial charge < -0.3 is 9.64 Å². The molecule has 23 heavy (non-hydrogen) atoms. The first kappa shape index (κ1) is 17.7. The molecule has 6 nitrogen and oxygen atoms in total. The zero-order chi connectivity index (χ0) is 16.9. The number of piperidine rings is 1. The predicted octanol–water partition coefficient (Wildman–Crippen LogP) is 1.13. The molecule has 0 aromatic heterocycles. The molecule has 128 valence electrons. The van der Waals surface area contributed by atoms with E-state index in [1.54, 1.807) is 11.8 Å². The third-order valence-corrected chi connectivity index (χ3v) is 5.20. The molecule has 1 N–H and O–H groups in total. The number of nitrogens with one attached hydrogen (secondary N) is 1. The molecule has 1 aliphatic rings. The first-order valence-electron chi connectivity index (χ1n) is 7.56. The minimum Gasteiger partial charge on any atom is -0.484 e. The molecule has 0 unspecified atom stereocenters. The number of nitrogens with zero attached hydrogens (tertiary/aromatic N) is 1. The largest absolute Gasteiger partial charge is 0.484 e. The summed E-state index contributed by atoms with van der Waals surface area (Å²) >= 11 is 0. The van der Waals surface area contributed by atoms with Gasteiger partial charge in [0.2, 0.25) is 10.0 Å². The number of hydrogen-bond donors (Lipinski definition) is 1. The number of rotatable bonds is 6. The maximum atomic E-state index is 12.8. The van der Waals surface area contributed by atoms with Gasteiger partial charge in [-0.1, -0.05) is 0 Å². The van der Waals surface area contributed by atoms with Crippen molar-refractivity contribution in [2.45, 2.75) is 25.8 Å². The lowest BCUT2D eigenvalue weighted by Crippen LogP contribution is -2.47. The van der Waals surface area contributed by atoms with Gasteiger partial charge in [0.15, 0.2) is 6.61 Å². The number of benzene rings is 1. The number of carbonyl (C=O) groups is 1. The van der Waals surface area contributed by atoms with E-state index in [0.29, 0.717) is 31.7 Å². The second-order valence-corrected chi connectivity index (χ2v) is 7.46. The van der Waals surface area contributed by atoms with E-state index in [1.807, 2.05) is 0 Å². The number of halogens is 1. The Kier molecular flexibility index (Phi) is 5.95. The van der Waals surface area contributed by atoms with E-state index in [4.69, 9.17) is 4.74 Å². The quantitative estimate of drug-likeness (QED) is 0.839. The molecule has 1 saturated heterocycles. The van der Waals surface area contributed by atoms with Crippen LogP contribution in [0.2, 0.25) is 0 Å². The number of likely N-dealkylation sites (tertiary alicyclic amines) is 1. The average Bonchev–Trinajstić information content (AvgIpc) is 2.54. The molecule has 8 heteroatoms. The summed E-state index contributed by atoms with van der Waals surface area (Å²) < 4.78 is 43.8. The van der Waals surface area contributed by atoms with Gasteiger partial charge in [-0.25, -0.2) is 17.5 Å². The molecule has 1 heterocycles. The van der Waals surface area contributed by atoms with Gasteiger partial charge in [-0.2, -0.15) is 0 Å². The zero-order valence-electron chi connectivity index (χ0n) is 13.0. The van der Waals surface area contributed by atoms with Crippen LogP contribution < -0.4 is 9.46 Å². The van der Waals surface area contributed by atoms with Crippen LogP contribution in [0.3, 0.4) is 0 Å². The van der Waals surface area contributed by atoms with Crippen molar-refractivity contribution < 1.29 is 22.3 Å². The lowest BCUT2D eigenvalue weighted by atomic mass is 10.1. The lowest BCUT2D eigenvalue weighted by Gasteiger charge is -2.32. The highest BCUT2D eigenvalue weighted by molar-refractivity contribution is 7.89. The molecular formula is C15H21FN2O4S. The maximum absolute atomic E-state index is 12.8. The van der Waals surface area contributed by atoms with Gasteiger partial charge in [-0.05, 0) is 44.0 Å². The monoisotopic (exact) mass is 344 g/mol. The summed E-state index contributed by atoms with van der Waals surface area (Å²) in [4.78, 5) is 13.7. The SMILES string of the molecule is CCS(=O)(=O)NC1CCN(C(=O)COc2ccc(F)cc2)CC1. The summed E-state index contributed by atoms with van der Waals surface area (Å²) in [5.41, 5.74) is 0. The van der Waals surface area contributed by atoms with Gasteiger partial charge in [0.25, 0.3) is 5.91 Å². The van der Waals surface area contributed by atoms with E-state index in [1.165, 1.54) is 24.3 Å². The van der Waals surface area contributed by atoms with Gasteiger partial charge in [0, 0.05) is 19.1 Å². The van der Waals surface area contributed by atoms with Gasteiger partial charge in [-0.3, -0.25) is 4.79 Å². The highest BCUT2D eigenvalue weighted by atomic mass is 32.2. The molecular weight excluding hydrogens is 323 g/mol. The fourth-order valence-corrected chi connectivity index (χ4v) is 3.26. The van der Waals surface area contributed by atoms with Crippen molar-refractivity contribution in [3.63, 3.8) is 0 Å². The number of amides is 1. The molecule has 1 fully saturated rings. The molecule has 0 radical (unpaired) electrons. The molecule has 1 aromatic carbocycles. The molecule has 0 aliphatic carbocycles. The van der Waals surface area contributed by atoms with Crippen LogP contribution in [0.25, 0.3) is 0 Å². The van der Waals surface area contributed by atoms with Gasteiger partial charge in [0.1, 0.15) is 11.6 Å². The Hall–Kier alpha value is -1.67. The van der Waals surface area contributed by atoms with Crippen LogP contribution in [-0.2, 0) is 14.8 Å². The number of sulfonamides is 1. The standard InChI is InChI=1S/C15H21FN2O4S/c1-2-23(20,21)17-13-7-9-18(10-8-13)15(19)11-22-14-5-3-12(16)4-6-14/h3-6,13,17H,2,7-11H2,1H3. The summed E-state index contributed by atoms with van der Waals surface area (Å²) in [5, 5.41) is 0. The molecule has 1 amide bonds. The van der Waals surface area contributed by atoms with E-state index in [-0.39, 0.29) is 30.1 Å². The lowest BCUT2D eigenvalue weighted by molar-refractivity contribution is -0.134. The number of hydrogen-bond acceptors (Lipinski definition) is 4. The highest BCUT2D eigenvalue weighted by Gasteiger charge is 2.25. The van der Waals surface area contributed by atoms with Crippen molar-refractivity contribution in [2.75, 3.05) is 25.4 Å². The highest BCUT2D eigenvalue weighted by Crippen LogP contribution is 2.14. The summed E-state index contributed by atoms with van der Waals surface area (Å²) in [6.07, 6.45) is 1.17. The van der Waals surface area contributed by atoms with Crippen LogP contribution in [0.4, 0.5) is 4.39 Å². The Morgan fingerprint density at radius 1 is 1.30 bits per heavy atom. The Morgan fingerprint density at radius 3 is 2.48 bits per heavy atom. The smallest absolute Gasteiger partial charge is 0.260 e. The van der Waals surface area contributed by atoms with E-state index >= 15 is 0 Å². The molecule has 0 atom stereocenters. The van der Waals surface area contributed by atoms with Crippen LogP contribution in [-0.4, -0.2) is 50.7 Å². The zero-order valence-corrected chi connectivity index (χ0v) is 13.8. The molecule has 0 bridgehead atoms. The minimum atomic E-state index is -3.22. The molecule has 2 rings (SSSR count). The first-order chi connectivity index (χ1) is 10.9. The van der Waals surface area contributed by atoms with Crippen molar-refractivity contribution >= 4 is 15.9 Å². The maximum Gasteiger partial charge on any atom is 0.260 e. The van der Waals surface area contributed by atoms with Crippen molar-refractivity contribution in [1.82, 2.24) is 9.62 Å².